The van der Waals surface area contributed by atoms with Crippen LogP contribution in [0.1, 0.15) is 24.1 Å². The Balaban J connectivity index is 1.94. The third-order valence-electron chi connectivity index (χ3n) is 5.01. The van der Waals surface area contributed by atoms with Crippen LogP contribution in [0.2, 0.25) is 10.0 Å². The quantitative estimate of drug-likeness (QED) is 0.444. The normalized spacial score (nSPS) is 12.2. The van der Waals surface area contributed by atoms with Gasteiger partial charge in [0.05, 0.1) is 23.7 Å². The number of aryl methyl sites for hydroxylation is 1. The fourth-order valence-electron chi connectivity index (χ4n) is 3.36. The number of anilines is 1. The summed E-state index contributed by atoms with van der Waals surface area (Å²) in [6.07, 6.45) is 0. The Morgan fingerprint density at radius 3 is 2.24 bits per heavy atom. The molecule has 9 heteroatoms. The van der Waals surface area contributed by atoms with Gasteiger partial charge in [0.1, 0.15) is 12.3 Å². The number of benzene rings is 3. The van der Waals surface area contributed by atoms with Gasteiger partial charge in [-0.05, 0) is 50.2 Å². The number of ether oxygens (including phenoxy) is 1. The minimum atomic E-state index is -4.08. The summed E-state index contributed by atoms with van der Waals surface area (Å²) in [4.78, 5) is 13.0. The van der Waals surface area contributed by atoms with E-state index in [4.69, 9.17) is 27.9 Å². The number of halogens is 2. The molecule has 3 rings (SSSR count). The highest BCUT2D eigenvalue weighted by atomic mass is 35.5. The van der Waals surface area contributed by atoms with Crippen LogP contribution in [-0.2, 0) is 14.8 Å². The Hall–Kier alpha value is -2.74. The Bertz CT molecular complexity index is 1230. The third-order valence-corrected chi connectivity index (χ3v) is 7.24. The van der Waals surface area contributed by atoms with E-state index in [9.17, 15) is 13.2 Å². The zero-order valence-electron chi connectivity index (χ0n) is 18.4. The van der Waals surface area contributed by atoms with Gasteiger partial charge in [0.25, 0.3) is 10.0 Å². The zero-order chi connectivity index (χ0) is 24.2. The lowest BCUT2D eigenvalue weighted by molar-refractivity contribution is -0.120. The van der Waals surface area contributed by atoms with Crippen molar-refractivity contribution in [1.82, 2.24) is 5.32 Å². The number of hydrogen-bond donors (Lipinski definition) is 1. The van der Waals surface area contributed by atoms with Gasteiger partial charge in [-0.15, -0.1) is 0 Å². The van der Waals surface area contributed by atoms with Crippen LogP contribution in [0.25, 0.3) is 0 Å². The smallest absolute Gasteiger partial charge is 0.264 e. The number of nitrogens with one attached hydrogen (secondary N) is 1. The van der Waals surface area contributed by atoms with Crippen LogP contribution in [0.15, 0.2) is 71.6 Å². The van der Waals surface area contributed by atoms with Gasteiger partial charge < -0.3 is 10.1 Å². The van der Waals surface area contributed by atoms with Gasteiger partial charge in [0.2, 0.25) is 5.91 Å². The molecule has 0 saturated heterocycles. The third kappa shape index (κ3) is 5.99. The number of hydrogen-bond acceptors (Lipinski definition) is 4. The number of nitrogens with zero attached hydrogens (tertiary/aromatic N) is 1. The summed E-state index contributed by atoms with van der Waals surface area (Å²) in [5.41, 5.74) is 1.87. The second-order valence-corrected chi connectivity index (χ2v) is 10.2. The van der Waals surface area contributed by atoms with Crippen molar-refractivity contribution in [2.45, 2.75) is 24.8 Å². The van der Waals surface area contributed by atoms with Crippen molar-refractivity contribution in [1.29, 1.82) is 0 Å². The predicted molar refractivity (Wildman–Crippen MR) is 132 cm³/mol. The molecule has 1 atom stereocenters. The van der Waals surface area contributed by atoms with Crippen LogP contribution >= 0.6 is 23.2 Å². The highest BCUT2D eigenvalue weighted by Gasteiger charge is 2.28. The Kier molecular flexibility index (Phi) is 7.89. The van der Waals surface area contributed by atoms with Crippen LogP contribution in [0.4, 0.5) is 5.69 Å². The molecule has 0 radical (unpaired) electrons. The van der Waals surface area contributed by atoms with E-state index in [1.54, 1.807) is 32.2 Å². The maximum atomic E-state index is 13.5. The summed E-state index contributed by atoms with van der Waals surface area (Å²) in [7, 11) is -2.53. The zero-order valence-corrected chi connectivity index (χ0v) is 20.7. The van der Waals surface area contributed by atoms with E-state index in [0.29, 0.717) is 5.75 Å². The lowest BCUT2D eigenvalue weighted by atomic mass is 10.1. The fourth-order valence-corrected chi connectivity index (χ4v) is 5.27. The van der Waals surface area contributed by atoms with Crippen LogP contribution in [0, 0.1) is 6.92 Å². The molecule has 0 aromatic heterocycles. The van der Waals surface area contributed by atoms with Gasteiger partial charge in [-0.1, -0.05) is 59.1 Å². The first kappa shape index (κ1) is 24.9. The number of sulfonamides is 1. The largest absolute Gasteiger partial charge is 0.496 e. The van der Waals surface area contributed by atoms with Crippen LogP contribution in [0.5, 0.6) is 5.75 Å². The van der Waals surface area contributed by atoms with Gasteiger partial charge in [0.15, 0.2) is 0 Å². The summed E-state index contributed by atoms with van der Waals surface area (Å²) >= 11 is 12.2. The molecule has 3 aromatic carbocycles. The molecule has 33 heavy (non-hydrogen) atoms. The lowest BCUT2D eigenvalue weighted by Gasteiger charge is -2.26. The van der Waals surface area contributed by atoms with Gasteiger partial charge in [0, 0.05) is 15.6 Å². The van der Waals surface area contributed by atoms with E-state index in [2.05, 4.69) is 5.32 Å². The summed E-state index contributed by atoms with van der Waals surface area (Å²) < 4.78 is 33.4. The number of amides is 1. The molecule has 174 valence electrons. The molecule has 0 aliphatic carbocycles. The standard InChI is InChI=1S/C24H24Cl2N2O4S/c1-16-8-10-21(11-9-16)33(30,31)28(20-13-18(25)12-19(26)14-20)15-24(29)27-17(2)22-6-4-5-7-23(22)32-3/h4-14,17H,15H2,1-3H3,(H,27,29)/t17-/m1/s1. The van der Waals surface area contributed by atoms with Gasteiger partial charge >= 0.3 is 0 Å². The molecule has 3 aromatic rings. The first-order chi connectivity index (χ1) is 15.6. The molecule has 0 spiro atoms. The summed E-state index contributed by atoms with van der Waals surface area (Å²) in [5, 5.41) is 3.35. The maximum absolute atomic E-state index is 13.5. The average molecular weight is 507 g/mol. The minimum absolute atomic E-state index is 0.0507. The molecule has 0 fully saturated rings. The number of carbonyl (C=O) groups is 1. The van der Waals surface area contributed by atoms with E-state index in [1.807, 2.05) is 25.1 Å². The Morgan fingerprint density at radius 2 is 1.64 bits per heavy atom. The molecule has 0 saturated carbocycles. The molecular weight excluding hydrogens is 483 g/mol. The molecule has 0 unspecified atom stereocenters. The Morgan fingerprint density at radius 1 is 1.03 bits per heavy atom. The summed E-state index contributed by atoms with van der Waals surface area (Å²) in [6.45, 7) is 3.19. The first-order valence-corrected chi connectivity index (χ1v) is 12.3. The average Bonchev–Trinajstić information content (AvgIpc) is 2.76. The highest BCUT2D eigenvalue weighted by Crippen LogP contribution is 2.30. The van der Waals surface area contributed by atoms with E-state index < -0.39 is 28.5 Å². The molecule has 1 amide bonds. The number of rotatable bonds is 8. The molecule has 0 heterocycles. The summed E-state index contributed by atoms with van der Waals surface area (Å²) in [6, 6.07) is 17.7. The molecule has 0 aliphatic heterocycles. The summed E-state index contributed by atoms with van der Waals surface area (Å²) in [5.74, 6) is 0.122. The number of carbonyl (C=O) groups excluding carboxylic acids is 1. The highest BCUT2D eigenvalue weighted by molar-refractivity contribution is 7.92. The van der Waals surface area contributed by atoms with Crippen molar-refractivity contribution in [3.05, 3.63) is 87.9 Å². The van der Waals surface area contributed by atoms with E-state index in [1.165, 1.54) is 30.3 Å². The number of para-hydroxylation sites is 1. The molecule has 1 N–H and O–H groups in total. The maximum Gasteiger partial charge on any atom is 0.264 e. The SMILES string of the molecule is COc1ccccc1[C@@H](C)NC(=O)CN(c1cc(Cl)cc(Cl)c1)S(=O)(=O)c1ccc(C)cc1. The molecule has 0 aliphatic rings. The van der Waals surface area contributed by atoms with Crippen LogP contribution in [-0.4, -0.2) is 28.0 Å². The fraction of sp³-hybridized carbons (Fsp3) is 0.208. The van der Waals surface area contributed by atoms with Crippen molar-refractivity contribution >= 4 is 44.8 Å². The second kappa shape index (κ2) is 10.5. The van der Waals surface area contributed by atoms with E-state index in [0.717, 1.165) is 15.4 Å². The van der Waals surface area contributed by atoms with Gasteiger partial charge in [-0.25, -0.2) is 8.42 Å². The Labute approximate surface area is 204 Å². The van der Waals surface area contributed by atoms with Crippen molar-refractivity contribution < 1.29 is 17.9 Å². The first-order valence-electron chi connectivity index (χ1n) is 10.1. The van der Waals surface area contributed by atoms with Crippen molar-refractivity contribution in [2.24, 2.45) is 0 Å². The monoisotopic (exact) mass is 506 g/mol. The predicted octanol–water partition coefficient (Wildman–Crippen LogP) is 5.38. The number of methoxy groups -OCH3 is 1. The second-order valence-electron chi connectivity index (χ2n) is 7.48. The van der Waals surface area contributed by atoms with Gasteiger partial charge in [-0.2, -0.15) is 0 Å². The lowest BCUT2D eigenvalue weighted by Crippen LogP contribution is -2.41. The van der Waals surface area contributed by atoms with E-state index in [-0.39, 0.29) is 20.6 Å². The van der Waals surface area contributed by atoms with Crippen LogP contribution in [0.3, 0.4) is 0 Å². The molecular formula is C24H24Cl2N2O4S. The van der Waals surface area contributed by atoms with Crippen molar-refractivity contribution in [2.75, 3.05) is 18.0 Å². The molecule has 6 nitrogen and oxygen atoms in total. The van der Waals surface area contributed by atoms with Crippen molar-refractivity contribution in [3.8, 4) is 5.75 Å². The van der Waals surface area contributed by atoms with Crippen molar-refractivity contribution in [3.63, 3.8) is 0 Å². The van der Waals surface area contributed by atoms with Gasteiger partial charge in [-0.3, -0.25) is 9.10 Å². The van der Waals surface area contributed by atoms with E-state index >= 15 is 0 Å². The minimum Gasteiger partial charge on any atom is -0.496 e. The topological polar surface area (TPSA) is 75.7 Å². The van der Waals surface area contributed by atoms with Crippen LogP contribution < -0.4 is 14.4 Å². The molecule has 0 bridgehead atoms.